The first kappa shape index (κ1) is 5.63. The van der Waals surface area contributed by atoms with Crippen molar-refractivity contribution in [3.8, 4) is 0 Å². The summed E-state index contributed by atoms with van der Waals surface area (Å²) < 4.78 is 0. The van der Waals surface area contributed by atoms with Gasteiger partial charge in [0.1, 0.15) is 0 Å². The van der Waals surface area contributed by atoms with E-state index in [1.807, 2.05) is 6.07 Å². The van der Waals surface area contributed by atoms with Gasteiger partial charge in [0, 0.05) is 23.2 Å². The van der Waals surface area contributed by atoms with Gasteiger partial charge in [-0.05, 0) is 6.07 Å². The lowest BCUT2D eigenvalue weighted by Crippen LogP contribution is -1.53. The molecular formula is C3H4N4. The first-order chi connectivity index (χ1) is 3.50. The summed E-state index contributed by atoms with van der Waals surface area (Å²) in [5.74, 6) is 0. The van der Waals surface area contributed by atoms with Crippen molar-refractivity contribution >= 4 is 0 Å². The predicted octanol–water partition coefficient (Wildman–Crippen LogP) is 0.440. The lowest BCUT2D eigenvalue weighted by atomic mass is 10.8. The van der Waals surface area contributed by atoms with Crippen LogP contribution >= 0.6 is 0 Å². The monoisotopic (exact) mass is 96.0 g/mol. The Morgan fingerprint density at radius 3 is 2.29 bits per heavy atom. The van der Waals surface area contributed by atoms with E-state index in [2.05, 4.69) is 10.2 Å². The zero-order valence-electron chi connectivity index (χ0n) is 3.57. The van der Waals surface area contributed by atoms with Gasteiger partial charge in [-0.3, -0.25) is 5.10 Å². The zero-order chi connectivity index (χ0) is 5.54. The summed E-state index contributed by atoms with van der Waals surface area (Å²) in [6, 6.07) is 1.83. The summed E-state index contributed by atoms with van der Waals surface area (Å²) in [5, 5.41) is 18.2. The molecule has 36 valence electrons. The highest BCUT2D eigenvalue weighted by Gasteiger charge is 1.56. The van der Waals surface area contributed by atoms with E-state index in [0.717, 1.165) is 0 Å². The molecule has 0 aliphatic rings. The van der Waals surface area contributed by atoms with E-state index >= 15 is 0 Å². The van der Waals surface area contributed by atoms with Crippen molar-refractivity contribution in [2.24, 2.45) is 0 Å². The molecule has 0 amide bonds. The van der Waals surface area contributed by atoms with E-state index in [-0.39, 0.29) is 0 Å². The quantitative estimate of drug-likeness (QED) is 0.476. The molecule has 1 rings (SSSR count). The van der Waals surface area contributed by atoms with Crippen LogP contribution in [0.2, 0.25) is 0 Å². The van der Waals surface area contributed by atoms with E-state index < -0.39 is 0 Å². The van der Waals surface area contributed by atoms with Crippen molar-refractivity contribution in [3.63, 3.8) is 0 Å². The van der Waals surface area contributed by atoms with Crippen molar-refractivity contribution in [2.75, 3.05) is 0 Å². The molecule has 0 fully saturated rings. The maximum absolute atomic E-state index is 6.00. The number of hydrogen-bond donors (Lipinski definition) is 1. The molecule has 0 aliphatic heterocycles. The molecule has 0 atom stereocenters. The molecule has 0 spiro atoms. The van der Waals surface area contributed by atoms with Gasteiger partial charge in [0.2, 0.25) is 0 Å². The molecule has 1 aromatic rings. The van der Waals surface area contributed by atoms with Crippen LogP contribution in [0.4, 0.5) is 0 Å². The standard InChI is InChI=1S/C3H4N2.N2/c1-2-4-5-3-1;1-2/h1-3H,(H,4,5);. The maximum atomic E-state index is 6.00. The topological polar surface area (TPSA) is 76.3 Å². The van der Waals surface area contributed by atoms with Crippen molar-refractivity contribution in [3.05, 3.63) is 18.5 Å². The van der Waals surface area contributed by atoms with Gasteiger partial charge in [-0.1, -0.05) is 0 Å². The molecule has 0 saturated carbocycles. The van der Waals surface area contributed by atoms with Gasteiger partial charge in [0.15, 0.2) is 0 Å². The number of nitrogens with one attached hydrogen (secondary N) is 1. The average molecular weight is 96.1 g/mol. The third-order valence-corrected chi connectivity index (χ3v) is 0.406. The Balaban J connectivity index is 0.000000162. The molecule has 0 bridgehead atoms. The maximum Gasteiger partial charge on any atom is 0.0487 e. The third kappa shape index (κ3) is 2.43. The third-order valence-electron chi connectivity index (χ3n) is 0.406. The Bertz CT molecular complexity index is 90.5. The number of aromatic amines is 1. The van der Waals surface area contributed by atoms with E-state index in [4.69, 9.17) is 10.8 Å². The van der Waals surface area contributed by atoms with Crippen molar-refractivity contribution < 1.29 is 0 Å². The summed E-state index contributed by atoms with van der Waals surface area (Å²) in [5.41, 5.74) is 0. The molecule has 0 aromatic carbocycles. The molecular weight excluding hydrogens is 92.1 g/mol. The summed E-state index contributed by atoms with van der Waals surface area (Å²) >= 11 is 0. The second-order valence-electron chi connectivity index (χ2n) is 0.766. The molecule has 1 aromatic heterocycles. The van der Waals surface area contributed by atoms with Gasteiger partial charge in [-0.2, -0.15) is 5.10 Å². The largest absolute Gasteiger partial charge is 0.286 e. The number of hydrogen-bond acceptors (Lipinski definition) is 3. The van der Waals surface area contributed by atoms with Gasteiger partial charge in [0.25, 0.3) is 0 Å². The highest BCUT2D eigenvalue weighted by Crippen LogP contribution is 1.64. The number of H-pyrrole nitrogens is 1. The highest BCUT2D eigenvalue weighted by molar-refractivity contribution is 4.72. The predicted molar refractivity (Wildman–Crippen MR) is 22.0 cm³/mol. The summed E-state index contributed by atoms with van der Waals surface area (Å²) in [7, 11) is 0. The lowest BCUT2D eigenvalue weighted by Gasteiger charge is -1.49. The van der Waals surface area contributed by atoms with Gasteiger partial charge >= 0.3 is 0 Å². The van der Waals surface area contributed by atoms with E-state index in [1.165, 1.54) is 0 Å². The summed E-state index contributed by atoms with van der Waals surface area (Å²) in [6.07, 6.45) is 3.46. The molecule has 0 aliphatic carbocycles. The fourth-order valence-corrected chi connectivity index (χ4v) is 0.215. The molecule has 4 nitrogen and oxygen atoms in total. The molecule has 0 unspecified atom stereocenters. The van der Waals surface area contributed by atoms with Crippen LogP contribution in [0.3, 0.4) is 0 Å². The second kappa shape index (κ2) is 4.63. The average Bonchev–Trinajstić information content (AvgIpc) is 2.23. The van der Waals surface area contributed by atoms with Crippen molar-refractivity contribution in [1.29, 1.82) is 10.8 Å². The van der Waals surface area contributed by atoms with E-state index in [0.29, 0.717) is 0 Å². The van der Waals surface area contributed by atoms with Crippen LogP contribution in [0.1, 0.15) is 0 Å². The van der Waals surface area contributed by atoms with Crippen LogP contribution in [0.15, 0.2) is 18.5 Å². The van der Waals surface area contributed by atoms with Crippen molar-refractivity contribution in [1.82, 2.24) is 10.2 Å². The molecule has 0 radical (unpaired) electrons. The lowest BCUT2D eigenvalue weighted by molar-refractivity contribution is 1.09. The first-order valence-corrected chi connectivity index (χ1v) is 1.64. The van der Waals surface area contributed by atoms with Crippen molar-refractivity contribution in [2.45, 2.75) is 0 Å². The Kier molecular flexibility index (Phi) is 3.72. The number of nitrogens with zero attached hydrogens (tertiary/aromatic N) is 3. The normalized spacial score (nSPS) is 6.00. The zero-order valence-corrected chi connectivity index (χ0v) is 3.57. The SMILES string of the molecule is N#N.c1cn[nH]c1. The van der Waals surface area contributed by atoms with E-state index in [9.17, 15) is 0 Å². The van der Waals surface area contributed by atoms with Crippen LogP contribution < -0.4 is 0 Å². The Morgan fingerprint density at radius 2 is 2.14 bits per heavy atom. The highest BCUT2D eigenvalue weighted by atomic mass is 15.1. The Hall–Kier alpha value is -1.37. The molecule has 0 saturated heterocycles. The van der Waals surface area contributed by atoms with Gasteiger partial charge in [-0.15, -0.1) is 0 Å². The number of aromatic nitrogens is 2. The minimum Gasteiger partial charge on any atom is -0.286 e. The Labute approximate surface area is 40.6 Å². The minimum absolute atomic E-state index is 1.69. The fraction of sp³-hybridized carbons (Fsp3) is 0. The second-order valence-corrected chi connectivity index (χ2v) is 0.766. The van der Waals surface area contributed by atoms with Crippen LogP contribution in [-0.2, 0) is 0 Å². The van der Waals surface area contributed by atoms with Crippen LogP contribution in [-0.4, -0.2) is 10.2 Å². The summed E-state index contributed by atoms with van der Waals surface area (Å²) in [6.45, 7) is 0. The Morgan fingerprint density at radius 1 is 1.43 bits per heavy atom. The molecule has 1 N–H and O–H groups in total. The molecule has 7 heavy (non-hydrogen) atoms. The molecule has 4 heteroatoms. The fourth-order valence-electron chi connectivity index (χ4n) is 0.215. The van der Waals surface area contributed by atoms with Crippen LogP contribution in [0.25, 0.3) is 0 Å². The van der Waals surface area contributed by atoms with Crippen LogP contribution in [0, 0.1) is 10.8 Å². The van der Waals surface area contributed by atoms with E-state index in [1.54, 1.807) is 12.4 Å². The van der Waals surface area contributed by atoms with Gasteiger partial charge < -0.3 is 0 Å². The first-order valence-electron chi connectivity index (χ1n) is 1.64. The van der Waals surface area contributed by atoms with Gasteiger partial charge in [-0.25, -0.2) is 0 Å². The van der Waals surface area contributed by atoms with Crippen LogP contribution in [0.5, 0.6) is 0 Å². The summed E-state index contributed by atoms with van der Waals surface area (Å²) in [4.78, 5) is 0. The molecule has 1 heterocycles. The van der Waals surface area contributed by atoms with Gasteiger partial charge in [0.05, 0.1) is 0 Å². The minimum atomic E-state index is 1.69. The smallest absolute Gasteiger partial charge is 0.0487 e. The number of rotatable bonds is 0.